The van der Waals surface area contributed by atoms with Gasteiger partial charge in [-0.2, -0.15) is 0 Å². The van der Waals surface area contributed by atoms with E-state index in [1.165, 1.54) is 0 Å². The Morgan fingerprint density at radius 3 is 2.73 bits per heavy atom. The van der Waals surface area contributed by atoms with Crippen LogP contribution in [0, 0.1) is 5.92 Å². The van der Waals surface area contributed by atoms with Crippen LogP contribution in [-0.4, -0.2) is 17.8 Å². The number of aliphatic hydroxyl groups excluding tert-OH is 1. The third kappa shape index (κ3) is 2.70. The molecule has 1 fully saturated rings. The van der Waals surface area contributed by atoms with Gasteiger partial charge in [0.15, 0.2) is 0 Å². The molecule has 0 heterocycles. The molecule has 3 nitrogen and oxygen atoms in total. The highest BCUT2D eigenvalue weighted by atomic mass is 16.3. The lowest BCUT2D eigenvalue weighted by molar-refractivity contribution is 0.0430. The maximum absolute atomic E-state index is 9.13. The molecule has 0 aliphatic heterocycles. The van der Waals surface area contributed by atoms with Gasteiger partial charge in [-0.1, -0.05) is 18.2 Å². The molecule has 3 heteroatoms. The second-order valence-corrected chi connectivity index (χ2v) is 4.32. The van der Waals surface area contributed by atoms with Gasteiger partial charge in [0.25, 0.3) is 0 Å². The van der Waals surface area contributed by atoms with Crippen LogP contribution in [0.1, 0.15) is 18.4 Å². The van der Waals surface area contributed by atoms with E-state index in [0.29, 0.717) is 5.92 Å². The Morgan fingerprint density at radius 1 is 1.33 bits per heavy atom. The van der Waals surface area contributed by atoms with Crippen LogP contribution in [0.4, 0.5) is 5.69 Å². The van der Waals surface area contributed by atoms with E-state index in [1.54, 1.807) is 0 Å². The maximum atomic E-state index is 9.13. The van der Waals surface area contributed by atoms with E-state index >= 15 is 0 Å². The number of nitrogens with two attached hydrogens (primary N) is 1. The summed E-state index contributed by atoms with van der Waals surface area (Å²) in [5, 5.41) is 12.5. The van der Waals surface area contributed by atoms with Gasteiger partial charge in [0.2, 0.25) is 0 Å². The van der Waals surface area contributed by atoms with Gasteiger partial charge in [-0.25, -0.2) is 0 Å². The third-order valence-electron chi connectivity index (χ3n) is 3.01. The van der Waals surface area contributed by atoms with Gasteiger partial charge in [0.1, 0.15) is 0 Å². The fourth-order valence-electron chi connectivity index (χ4n) is 1.97. The first-order valence-electron chi connectivity index (χ1n) is 5.48. The van der Waals surface area contributed by atoms with E-state index in [4.69, 9.17) is 10.8 Å². The monoisotopic (exact) mass is 206 g/mol. The van der Waals surface area contributed by atoms with Crippen molar-refractivity contribution in [1.82, 2.24) is 5.32 Å². The Bertz CT molecular complexity index is 321. The second-order valence-electron chi connectivity index (χ2n) is 4.32. The number of benzene rings is 1. The summed E-state index contributed by atoms with van der Waals surface area (Å²) < 4.78 is 0. The Labute approximate surface area is 90.3 Å². The Morgan fingerprint density at radius 2 is 2.07 bits per heavy atom. The van der Waals surface area contributed by atoms with E-state index in [9.17, 15) is 0 Å². The van der Waals surface area contributed by atoms with Crippen LogP contribution < -0.4 is 11.1 Å². The van der Waals surface area contributed by atoms with E-state index in [-0.39, 0.29) is 6.10 Å². The minimum absolute atomic E-state index is 0.0569. The lowest BCUT2D eigenvalue weighted by Gasteiger charge is -2.31. The summed E-state index contributed by atoms with van der Waals surface area (Å²) in [6, 6.07) is 7.91. The summed E-state index contributed by atoms with van der Waals surface area (Å²) >= 11 is 0. The molecule has 4 N–H and O–H groups in total. The number of rotatable bonds is 4. The van der Waals surface area contributed by atoms with Crippen molar-refractivity contribution in [3.8, 4) is 0 Å². The van der Waals surface area contributed by atoms with Crippen molar-refractivity contribution in [3.05, 3.63) is 29.8 Å². The first kappa shape index (κ1) is 10.5. The predicted molar refractivity (Wildman–Crippen MR) is 61.3 cm³/mol. The van der Waals surface area contributed by atoms with Gasteiger partial charge in [0.05, 0.1) is 6.10 Å². The zero-order valence-electron chi connectivity index (χ0n) is 8.82. The molecule has 1 aromatic carbocycles. The first-order valence-corrected chi connectivity index (χ1v) is 5.48. The topological polar surface area (TPSA) is 58.3 Å². The highest BCUT2D eigenvalue weighted by Crippen LogP contribution is 2.26. The smallest absolute Gasteiger partial charge is 0.0546 e. The molecule has 0 aromatic heterocycles. The number of nitrogens with one attached hydrogen (secondary N) is 1. The second kappa shape index (κ2) is 4.64. The minimum atomic E-state index is -0.0569. The minimum Gasteiger partial charge on any atom is -0.398 e. The molecule has 0 spiro atoms. The van der Waals surface area contributed by atoms with E-state index in [1.807, 2.05) is 24.3 Å². The fraction of sp³-hybridized carbons (Fsp3) is 0.500. The fourth-order valence-corrected chi connectivity index (χ4v) is 1.97. The number of aliphatic hydroxyl groups is 1. The average Bonchev–Trinajstić information content (AvgIpc) is 2.18. The summed E-state index contributed by atoms with van der Waals surface area (Å²) in [6.07, 6.45) is 1.83. The molecule has 0 unspecified atom stereocenters. The van der Waals surface area contributed by atoms with Crippen molar-refractivity contribution >= 4 is 5.69 Å². The summed E-state index contributed by atoms with van der Waals surface area (Å²) in [5.74, 6) is 0.643. The van der Waals surface area contributed by atoms with Gasteiger partial charge < -0.3 is 16.2 Å². The number of para-hydroxylation sites is 1. The lowest BCUT2D eigenvalue weighted by Crippen LogP contribution is -2.35. The third-order valence-corrected chi connectivity index (χ3v) is 3.01. The van der Waals surface area contributed by atoms with Crippen LogP contribution in [0.3, 0.4) is 0 Å². The number of anilines is 1. The van der Waals surface area contributed by atoms with E-state index in [0.717, 1.165) is 37.2 Å². The van der Waals surface area contributed by atoms with Crippen molar-refractivity contribution in [3.63, 3.8) is 0 Å². The van der Waals surface area contributed by atoms with Gasteiger partial charge in [-0.3, -0.25) is 0 Å². The number of hydrogen-bond acceptors (Lipinski definition) is 3. The van der Waals surface area contributed by atoms with E-state index < -0.39 is 0 Å². The molecular weight excluding hydrogens is 188 g/mol. The van der Waals surface area contributed by atoms with Crippen LogP contribution in [0.25, 0.3) is 0 Å². The van der Waals surface area contributed by atoms with Crippen LogP contribution in [0.5, 0.6) is 0 Å². The van der Waals surface area contributed by atoms with Crippen LogP contribution >= 0.6 is 0 Å². The normalized spacial score (nSPS) is 24.9. The van der Waals surface area contributed by atoms with Crippen LogP contribution in [0.15, 0.2) is 24.3 Å². The van der Waals surface area contributed by atoms with Crippen LogP contribution in [0.2, 0.25) is 0 Å². The molecule has 1 aliphatic rings. The Kier molecular flexibility index (Phi) is 3.23. The summed E-state index contributed by atoms with van der Waals surface area (Å²) in [7, 11) is 0. The van der Waals surface area contributed by atoms with Crippen LogP contribution in [-0.2, 0) is 6.54 Å². The molecule has 0 bridgehead atoms. The van der Waals surface area contributed by atoms with Crippen molar-refractivity contribution < 1.29 is 5.11 Å². The summed E-state index contributed by atoms with van der Waals surface area (Å²) in [5.41, 5.74) is 7.82. The average molecular weight is 206 g/mol. The molecule has 82 valence electrons. The SMILES string of the molecule is Nc1ccccc1CNCC1CC(O)C1. The molecule has 15 heavy (non-hydrogen) atoms. The Hall–Kier alpha value is -1.06. The number of nitrogen functional groups attached to an aromatic ring is 1. The first-order chi connectivity index (χ1) is 7.25. The number of hydrogen-bond donors (Lipinski definition) is 3. The van der Waals surface area contributed by atoms with Crippen molar-refractivity contribution in [1.29, 1.82) is 0 Å². The molecule has 1 aromatic rings. The standard InChI is InChI=1S/C12H18N2O/c13-12-4-2-1-3-10(12)8-14-7-9-5-11(15)6-9/h1-4,9,11,14-15H,5-8,13H2. The zero-order valence-corrected chi connectivity index (χ0v) is 8.82. The molecule has 0 radical (unpaired) electrons. The quantitative estimate of drug-likeness (QED) is 0.647. The van der Waals surface area contributed by atoms with Gasteiger partial charge >= 0.3 is 0 Å². The summed E-state index contributed by atoms with van der Waals surface area (Å²) in [4.78, 5) is 0. The molecule has 1 aliphatic carbocycles. The zero-order chi connectivity index (χ0) is 10.7. The highest BCUT2D eigenvalue weighted by Gasteiger charge is 2.26. The maximum Gasteiger partial charge on any atom is 0.0546 e. The molecule has 2 rings (SSSR count). The largest absolute Gasteiger partial charge is 0.398 e. The molecule has 1 saturated carbocycles. The lowest BCUT2D eigenvalue weighted by atomic mass is 9.82. The molecule has 0 amide bonds. The van der Waals surface area contributed by atoms with Crippen molar-refractivity contribution in [2.24, 2.45) is 5.92 Å². The molecular formula is C12H18N2O. The highest BCUT2D eigenvalue weighted by molar-refractivity contribution is 5.46. The predicted octanol–water partition coefficient (Wildman–Crippen LogP) is 1.13. The van der Waals surface area contributed by atoms with Gasteiger partial charge in [-0.15, -0.1) is 0 Å². The van der Waals surface area contributed by atoms with Gasteiger partial charge in [-0.05, 0) is 36.9 Å². The van der Waals surface area contributed by atoms with E-state index in [2.05, 4.69) is 5.32 Å². The Balaban J connectivity index is 1.72. The van der Waals surface area contributed by atoms with Crippen molar-refractivity contribution in [2.45, 2.75) is 25.5 Å². The van der Waals surface area contributed by atoms with Gasteiger partial charge in [0, 0.05) is 12.2 Å². The van der Waals surface area contributed by atoms with Crippen molar-refractivity contribution in [2.75, 3.05) is 12.3 Å². The molecule has 0 atom stereocenters. The summed E-state index contributed by atoms with van der Waals surface area (Å²) in [6.45, 7) is 1.80. The molecule has 0 saturated heterocycles.